The van der Waals surface area contributed by atoms with E-state index in [1.54, 1.807) is 25.2 Å². The molecule has 170 valence electrons. The molecule has 4 heterocycles. The predicted octanol–water partition coefficient (Wildman–Crippen LogP) is 1.82. The molecule has 0 bridgehead atoms. The molecule has 0 spiro atoms. The predicted molar refractivity (Wildman–Crippen MR) is 123 cm³/mol. The van der Waals surface area contributed by atoms with E-state index in [4.69, 9.17) is 16.3 Å². The number of nitrogens with one attached hydrogen (secondary N) is 2. The van der Waals surface area contributed by atoms with Gasteiger partial charge >= 0.3 is 6.10 Å². The topological polar surface area (TPSA) is 142 Å². The van der Waals surface area contributed by atoms with Gasteiger partial charge in [0.2, 0.25) is 0 Å². The zero-order valence-electron chi connectivity index (χ0n) is 17.3. The third-order valence-electron chi connectivity index (χ3n) is 4.25. The van der Waals surface area contributed by atoms with Crippen molar-refractivity contribution >= 4 is 39.8 Å². The smallest absolute Gasteiger partial charge is 0.376 e. The minimum Gasteiger partial charge on any atom is -0.381 e. The van der Waals surface area contributed by atoms with Gasteiger partial charge in [-0.25, -0.2) is 14.5 Å². The Bertz CT molecular complexity index is 1120. The number of fused-ring (bicyclic) bond motifs is 1. The molecule has 10 nitrogen and oxygen atoms in total. The minimum atomic E-state index is -3.31. The number of rotatable bonds is 4. The van der Waals surface area contributed by atoms with Gasteiger partial charge in [-0.1, -0.05) is 11.6 Å². The number of anilines is 3. The molecule has 4 rings (SSSR count). The van der Waals surface area contributed by atoms with Gasteiger partial charge in [-0.2, -0.15) is 0 Å². The Morgan fingerprint density at radius 2 is 1.84 bits per heavy atom. The van der Waals surface area contributed by atoms with Crippen molar-refractivity contribution in [2.45, 2.75) is 18.9 Å². The van der Waals surface area contributed by atoms with Gasteiger partial charge < -0.3 is 30.7 Å². The lowest BCUT2D eigenvalue weighted by atomic mass is 10.2. The van der Waals surface area contributed by atoms with Gasteiger partial charge in [0.15, 0.2) is 0 Å². The fraction of sp³-hybridized carbons (Fsp3) is 0.286. The van der Waals surface area contributed by atoms with Gasteiger partial charge in [0.25, 0.3) is 5.56 Å². The number of ether oxygens (including phenoxy) is 1. The molecule has 0 amide bonds. The average Bonchev–Trinajstić information content (AvgIpc) is 3.34. The molecule has 3 aromatic heterocycles. The number of terminal acetylenes is 1. The molecular formula is C21H24ClN5O5. The van der Waals surface area contributed by atoms with Gasteiger partial charge in [-0.05, 0) is 42.5 Å². The second-order valence-corrected chi connectivity index (χ2v) is 6.90. The summed E-state index contributed by atoms with van der Waals surface area (Å²) in [5, 5.41) is 34.6. The molecule has 0 unspecified atom stereocenters. The molecular weight excluding hydrogens is 438 g/mol. The molecule has 0 aromatic carbocycles. The first-order valence-corrected chi connectivity index (χ1v) is 9.89. The van der Waals surface area contributed by atoms with Crippen LogP contribution in [0, 0.1) is 12.8 Å². The van der Waals surface area contributed by atoms with Gasteiger partial charge in [-0.15, -0.1) is 12.8 Å². The zero-order chi connectivity index (χ0) is 23.7. The number of nitrogens with zero attached hydrogens (tertiary/aromatic N) is 3. The van der Waals surface area contributed by atoms with Crippen LogP contribution in [-0.2, 0) is 10.8 Å². The molecule has 1 saturated heterocycles. The Morgan fingerprint density at radius 1 is 1.16 bits per heavy atom. The maximum atomic E-state index is 12.4. The first-order valence-electron chi connectivity index (χ1n) is 9.51. The van der Waals surface area contributed by atoms with Crippen LogP contribution < -0.4 is 16.2 Å². The molecule has 3 aromatic rings. The highest BCUT2D eigenvalue weighted by Gasteiger charge is 2.24. The largest absolute Gasteiger partial charge is 0.381 e. The van der Waals surface area contributed by atoms with Crippen molar-refractivity contribution in [1.29, 1.82) is 0 Å². The standard InChI is InChI=1S/C15H14ClN5O4.C4H8O.C2H2/c1-17-13-12-8(3-5-21(14(12)22)15(23,24)25)6-11(20-13)19-10-7-9(16)2-4-18-10;1-2-4-5-3-1;1-2/h2-7,23-25H,1H3,(H2,17,18,19,20);1-4H2;1-2H. The molecule has 1 aliphatic heterocycles. The first kappa shape index (κ1) is 25.1. The summed E-state index contributed by atoms with van der Waals surface area (Å²) in [6, 6.07) is 6.26. The molecule has 32 heavy (non-hydrogen) atoms. The SMILES string of the molecule is C#C.C1CCOC1.CNc1nc(Nc2cc(Cl)ccn2)cc2ccn(C(O)(O)O)c(=O)c12. The number of halogens is 1. The van der Waals surface area contributed by atoms with E-state index >= 15 is 0 Å². The Balaban J connectivity index is 0.000000448. The van der Waals surface area contributed by atoms with Crippen molar-refractivity contribution in [3.05, 3.63) is 52.0 Å². The quantitative estimate of drug-likeness (QED) is 0.290. The van der Waals surface area contributed by atoms with Gasteiger partial charge in [0.1, 0.15) is 17.5 Å². The van der Waals surface area contributed by atoms with Crippen LogP contribution in [0.4, 0.5) is 17.5 Å². The van der Waals surface area contributed by atoms with Crippen LogP contribution in [0.25, 0.3) is 10.8 Å². The number of hydrogen-bond donors (Lipinski definition) is 5. The average molecular weight is 462 g/mol. The van der Waals surface area contributed by atoms with E-state index in [0.717, 1.165) is 19.4 Å². The van der Waals surface area contributed by atoms with Crippen LogP contribution >= 0.6 is 11.6 Å². The fourth-order valence-electron chi connectivity index (χ4n) is 2.86. The number of hydrogen-bond acceptors (Lipinski definition) is 9. The molecule has 5 N–H and O–H groups in total. The first-order chi connectivity index (χ1) is 15.3. The maximum absolute atomic E-state index is 12.4. The van der Waals surface area contributed by atoms with E-state index in [0.29, 0.717) is 26.6 Å². The Kier molecular flexibility index (Phi) is 8.95. The van der Waals surface area contributed by atoms with E-state index in [1.807, 2.05) is 0 Å². The van der Waals surface area contributed by atoms with Crippen molar-refractivity contribution < 1.29 is 20.1 Å². The highest BCUT2D eigenvalue weighted by atomic mass is 35.5. The summed E-state index contributed by atoms with van der Waals surface area (Å²) in [4.78, 5) is 20.8. The van der Waals surface area contributed by atoms with Crippen molar-refractivity contribution in [2.75, 3.05) is 30.9 Å². The molecule has 1 aliphatic rings. The van der Waals surface area contributed by atoms with Crippen LogP contribution in [0.15, 0.2) is 41.5 Å². The van der Waals surface area contributed by atoms with Crippen molar-refractivity contribution in [2.24, 2.45) is 0 Å². The zero-order valence-corrected chi connectivity index (χ0v) is 18.1. The van der Waals surface area contributed by atoms with E-state index in [1.165, 1.54) is 25.1 Å². The van der Waals surface area contributed by atoms with Gasteiger partial charge in [-0.3, -0.25) is 4.79 Å². The Hall–Kier alpha value is -3.20. The molecule has 0 saturated carbocycles. The fourth-order valence-corrected chi connectivity index (χ4v) is 3.02. The van der Waals surface area contributed by atoms with Gasteiger partial charge in [0.05, 0.1) is 5.39 Å². The lowest BCUT2D eigenvalue weighted by molar-refractivity contribution is -0.376. The van der Waals surface area contributed by atoms with Crippen LogP contribution in [-0.4, -0.2) is 50.1 Å². The molecule has 11 heteroatoms. The summed E-state index contributed by atoms with van der Waals surface area (Å²) in [5.74, 6) is 1.05. The maximum Gasteiger partial charge on any atom is 0.376 e. The second kappa shape index (κ2) is 11.4. The summed E-state index contributed by atoms with van der Waals surface area (Å²) >= 11 is 5.92. The summed E-state index contributed by atoms with van der Waals surface area (Å²) < 4.78 is 5.32. The van der Waals surface area contributed by atoms with Crippen LogP contribution in [0.1, 0.15) is 12.8 Å². The number of pyridine rings is 3. The third-order valence-corrected chi connectivity index (χ3v) is 4.49. The van der Waals surface area contributed by atoms with Crippen molar-refractivity contribution in [3.63, 3.8) is 0 Å². The summed E-state index contributed by atoms with van der Waals surface area (Å²) in [6.45, 7) is 2.00. The lowest BCUT2D eigenvalue weighted by Gasteiger charge is -2.18. The number of aliphatic hydroxyl groups is 3. The molecule has 1 fully saturated rings. The molecule has 0 aliphatic carbocycles. The van der Waals surface area contributed by atoms with Crippen LogP contribution in [0.3, 0.4) is 0 Å². The van der Waals surface area contributed by atoms with Crippen molar-refractivity contribution in [3.8, 4) is 12.8 Å². The van der Waals surface area contributed by atoms with E-state index in [-0.39, 0.29) is 11.2 Å². The van der Waals surface area contributed by atoms with E-state index in [2.05, 4.69) is 33.4 Å². The Labute approximate surface area is 189 Å². The van der Waals surface area contributed by atoms with E-state index < -0.39 is 11.7 Å². The highest BCUT2D eigenvalue weighted by molar-refractivity contribution is 6.30. The minimum absolute atomic E-state index is 0.0797. The van der Waals surface area contributed by atoms with E-state index in [9.17, 15) is 20.1 Å². The van der Waals surface area contributed by atoms with Gasteiger partial charge in [0, 0.05) is 37.7 Å². The summed E-state index contributed by atoms with van der Waals surface area (Å²) in [7, 11) is 1.56. The summed E-state index contributed by atoms with van der Waals surface area (Å²) in [5.41, 5.74) is -0.825. The molecule has 0 atom stereocenters. The third kappa shape index (κ3) is 6.40. The Morgan fingerprint density at radius 3 is 2.38 bits per heavy atom. The van der Waals surface area contributed by atoms with Crippen molar-refractivity contribution in [1.82, 2.24) is 14.5 Å². The normalized spacial score (nSPS) is 12.8. The molecule has 0 radical (unpaired) electrons. The monoisotopic (exact) mass is 461 g/mol. The van der Waals surface area contributed by atoms with Crippen LogP contribution in [0.5, 0.6) is 0 Å². The van der Waals surface area contributed by atoms with Crippen LogP contribution in [0.2, 0.25) is 5.02 Å². The highest BCUT2D eigenvalue weighted by Crippen LogP contribution is 2.24. The summed E-state index contributed by atoms with van der Waals surface area (Å²) in [6.07, 6.45) is 9.84. The second-order valence-electron chi connectivity index (χ2n) is 6.47. The number of aromatic nitrogens is 3. The lowest BCUT2D eigenvalue weighted by Crippen LogP contribution is -2.40.